The molecule has 0 saturated heterocycles. The van der Waals surface area contributed by atoms with E-state index in [1.807, 2.05) is 20.8 Å². The van der Waals surface area contributed by atoms with Gasteiger partial charge in [-0.3, -0.25) is 9.05 Å². The van der Waals surface area contributed by atoms with Gasteiger partial charge in [0, 0.05) is 0 Å². The normalized spacial score (nSPS) is 12.7. The van der Waals surface area contributed by atoms with Crippen LogP contribution in [0, 0.1) is 0 Å². The standard InChI is InChI=1S/C12H27O5P2/c1-4-7-10-15-18(13)19(14,16-11-8-5-2)17-12-9-6-3/h4-12H2,1-3H3/q+1. The molecule has 0 aromatic heterocycles. The summed E-state index contributed by atoms with van der Waals surface area (Å²) in [6.45, 7) is 6.92. The second-order valence-corrected chi connectivity index (χ2v) is 8.90. The first-order valence-electron chi connectivity index (χ1n) is 7.10. The lowest BCUT2D eigenvalue weighted by atomic mass is 10.4. The quantitative estimate of drug-likeness (QED) is 0.341. The molecule has 0 rings (SSSR count). The summed E-state index contributed by atoms with van der Waals surface area (Å²) in [4.78, 5) is 0. The fourth-order valence-electron chi connectivity index (χ4n) is 1.14. The van der Waals surface area contributed by atoms with Crippen molar-refractivity contribution in [3.63, 3.8) is 0 Å². The van der Waals surface area contributed by atoms with Crippen LogP contribution in [0.15, 0.2) is 0 Å². The zero-order valence-electron chi connectivity index (χ0n) is 12.3. The molecule has 0 aromatic carbocycles. The van der Waals surface area contributed by atoms with Gasteiger partial charge in [0.1, 0.15) is 6.61 Å². The Labute approximate surface area is 117 Å². The van der Waals surface area contributed by atoms with Crippen LogP contribution < -0.4 is 0 Å². The van der Waals surface area contributed by atoms with Crippen molar-refractivity contribution in [2.45, 2.75) is 59.3 Å². The third-order valence-electron chi connectivity index (χ3n) is 2.40. The summed E-state index contributed by atoms with van der Waals surface area (Å²) in [7, 11) is -6.03. The largest absolute Gasteiger partial charge is 0.622 e. The summed E-state index contributed by atoms with van der Waals surface area (Å²) >= 11 is 0. The maximum absolute atomic E-state index is 12.4. The fourth-order valence-corrected chi connectivity index (χ4v) is 4.27. The first-order valence-corrected chi connectivity index (χ1v) is 10.5. The van der Waals surface area contributed by atoms with E-state index in [2.05, 4.69) is 0 Å². The highest BCUT2D eigenvalue weighted by Crippen LogP contribution is 2.70. The molecular formula is C12H27O5P2+. The minimum absolute atomic E-state index is 0.290. The molecule has 0 fully saturated rings. The Hall–Kier alpha value is 0.210. The topological polar surface area (TPSA) is 61.8 Å². The van der Waals surface area contributed by atoms with Gasteiger partial charge in [-0.15, -0.1) is 4.52 Å². The monoisotopic (exact) mass is 313 g/mol. The van der Waals surface area contributed by atoms with Crippen molar-refractivity contribution in [3.05, 3.63) is 0 Å². The molecule has 0 aliphatic carbocycles. The van der Waals surface area contributed by atoms with Gasteiger partial charge in [0.25, 0.3) is 0 Å². The Morgan fingerprint density at radius 2 is 1.26 bits per heavy atom. The highest BCUT2D eigenvalue weighted by Gasteiger charge is 2.51. The minimum Gasteiger partial charge on any atom is -0.269 e. The number of hydrogen-bond acceptors (Lipinski definition) is 5. The average molecular weight is 313 g/mol. The summed E-state index contributed by atoms with van der Waals surface area (Å²) in [6.07, 6.45) is 5.08. The van der Waals surface area contributed by atoms with E-state index in [0.29, 0.717) is 6.61 Å². The summed E-state index contributed by atoms with van der Waals surface area (Å²) in [5.74, 6) is 0. The second kappa shape index (κ2) is 12.0. The highest BCUT2D eigenvalue weighted by atomic mass is 32.1. The van der Waals surface area contributed by atoms with E-state index in [-0.39, 0.29) is 13.2 Å². The zero-order valence-corrected chi connectivity index (χ0v) is 14.1. The van der Waals surface area contributed by atoms with Crippen LogP contribution in [0.3, 0.4) is 0 Å². The lowest BCUT2D eigenvalue weighted by Crippen LogP contribution is -1.98. The first kappa shape index (κ1) is 19.2. The van der Waals surface area contributed by atoms with Gasteiger partial charge in [-0.25, -0.2) is 4.57 Å². The van der Waals surface area contributed by atoms with Crippen LogP contribution in [0.5, 0.6) is 0 Å². The molecule has 0 N–H and O–H groups in total. The predicted molar refractivity (Wildman–Crippen MR) is 77.8 cm³/mol. The van der Waals surface area contributed by atoms with Crippen LogP contribution in [0.1, 0.15) is 59.3 Å². The van der Waals surface area contributed by atoms with E-state index in [1.165, 1.54) is 0 Å². The third kappa shape index (κ3) is 8.88. The van der Waals surface area contributed by atoms with E-state index in [1.54, 1.807) is 0 Å². The van der Waals surface area contributed by atoms with E-state index < -0.39 is 15.0 Å². The molecule has 0 aliphatic rings. The van der Waals surface area contributed by atoms with Gasteiger partial charge >= 0.3 is 15.0 Å². The van der Waals surface area contributed by atoms with E-state index in [0.717, 1.165) is 38.5 Å². The van der Waals surface area contributed by atoms with E-state index in [9.17, 15) is 9.13 Å². The zero-order chi connectivity index (χ0) is 14.6. The predicted octanol–water partition coefficient (Wildman–Crippen LogP) is 5.29. The molecule has 0 aromatic rings. The molecular weight excluding hydrogens is 286 g/mol. The Morgan fingerprint density at radius 3 is 1.68 bits per heavy atom. The number of hydrogen-bond donors (Lipinski definition) is 0. The van der Waals surface area contributed by atoms with Crippen molar-refractivity contribution in [2.75, 3.05) is 19.8 Å². The summed E-state index contributed by atoms with van der Waals surface area (Å²) < 4.78 is 39.9. The van der Waals surface area contributed by atoms with E-state index in [4.69, 9.17) is 13.6 Å². The maximum Gasteiger partial charge on any atom is 0.622 e. The molecule has 7 heteroatoms. The number of unbranched alkanes of at least 4 members (excludes halogenated alkanes) is 3. The number of rotatable bonds is 13. The van der Waals surface area contributed by atoms with E-state index >= 15 is 0 Å². The third-order valence-corrected chi connectivity index (χ3v) is 6.46. The van der Waals surface area contributed by atoms with Crippen molar-refractivity contribution in [1.82, 2.24) is 0 Å². The average Bonchev–Trinajstić information content (AvgIpc) is 2.39. The van der Waals surface area contributed by atoms with Crippen LogP contribution >= 0.6 is 15.0 Å². The molecule has 0 amide bonds. The Balaban J connectivity index is 4.36. The van der Waals surface area contributed by atoms with Crippen LogP contribution in [-0.2, 0) is 22.7 Å². The van der Waals surface area contributed by atoms with Crippen molar-refractivity contribution < 1.29 is 22.7 Å². The van der Waals surface area contributed by atoms with Crippen molar-refractivity contribution >= 4 is 15.0 Å². The lowest BCUT2D eigenvalue weighted by molar-refractivity contribution is 0.206. The molecule has 0 spiro atoms. The smallest absolute Gasteiger partial charge is 0.269 e. The molecule has 1 unspecified atom stereocenters. The van der Waals surface area contributed by atoms with Gasteiger partial charge < -0.3 is 0 Å². The molecule has 0 aliphatic heterocycles. The van der Waals surface area contributed by atoms with Crippen LogP contribution in [0.2, 0.25) is 0 Å². The highest BCUT2D eigenvalue weighted by molar-refractivity contribution is 8.21. The van der Waals surface area contributed by atoms with Gasteiger partial charge in [-0.1, -0.05) is 40.0 Å². The van der Waals surface area contributed by atoms with Gasteiger partial charge in [0.15, 0.2) is 0 Å². The minimum atomic E-state index is -3.62. The van der Waals surface area contributed by atoms with Gasteiger partial charge in [0.2, 0.25) is 0 Å². The molecule has 0 saturated carbocycles. The second-order valence-electron chi connectivity index (χ2n) is 4.27. The Kier molecular flexibility index (Phi) is 12.1. The van der Waals surface area contributed by atoms with Gasteiger partial charge in [-0.05, 0) is 23.8 Å². The molecule has 19 heavy (non-hydrogen) atoms. The summed E-state index contributed by atoms with van der Waals surface area (Å²) in [5, 5.41) is 0. The Bertz CT molecular complexity index is 269. The molecule has 5 nitrogen and oxygen atoms in total. The van der Waals surface area contributed by atoms with Crippen LogP contribution in [0.4, 0.5) is 0 Å². The van der Waals surface area contributed by atoms with Crippen molar-refractivity contribution in [3.8, 4) is 0 Å². The maximum atomic E-state index is 12.4. The van der Waals surface area contributed by atoms with Crippen LogP contribution in [-0.4, -0.2) is 19.8 Å². The molecule has 114 valence electrons. The lowest BCUT2D eigenvalue weighted by Gasteiger charge is -2.08. The SMILES string of the molecule is CCCCO[P+](=O)P(=O)(OCCCC)OCCCC. The van der Waals surface area contributed by atoms with Crippen molar-refractivity contribution in [2.24, 2.45) is 0 Å². The van der Waals surface area contributed by atoms with Crippen molar-refractivity contribution in [1.29, 1.82) is 0 Å². The molecule has 1 atom stereocenters. The summed E-state index contributed by atoms with van der Waals surface area (Å²) in [6, 6.07) is 0. The summed E-state index contributed by atoms with van der Waals surface area (Å²) in [5.41, 5.74) is 0. The van der Waals surface area contributed by atoms with Gasteiger partial charge in [0.05, 0.1) is 13.2 Å². The first-order chi connectivity index (χ1) is 9.10. The fraction of sp³-hybridized carbons (Fsp3) is 1.00. The van der Waals surface area contributed by atoms with Crippen LogP contribution in [0.25, 0.3) is 0 Å². The van der Waals surface area contributed by atoms with Gasteiger partial charge in [-0.2, -0.15) is 0 Å². The molecule has 0 heterocycles. The molecule has 0 bridgehead atoms. The molecule has 0 radical (unpaired) electrons. The Morgan fingerprint density at radius 1 is 0.842 bits per heavy atom.